The molecule has 0 bridgehead atoms. The maximum atomic E-state index is 5.68. The molecule has 112 valence electrons. The molecule has 4 nitrogen and oxygen atoms in total. The van der Waals surface area contributed by atoms with Gasteiger partial charge in [-0.2, -0.15) is 0 Å². The van der Waals surface area contributed by atoms with Crippen molar-refractivity contribution in [3.05, 3.63) is 30.3 Å². The summed E-state index contributed by atoms with van der Waals surface area (Å²) in [5, 5.41) is 3.54. The highest BCUT2D eigenvalue weighted by Crippen LogP contribution is 2.08. The van der Waals surface area contributed by atoms with E-state index in [1.54, 1.807) is 0 Å². The first-order chi connectivity index (χ1) is 9.75. The Hall–Kier alpha value is -1.10. The van der Waals surface area contributed by atoms with Crippen molar-refractivity contribution in [2.24, 2.45) is 0 Å². The Morgan fingerprint density at radius 2 is 2.00 bits per heavy atom. The second-order valence-corrected chi connectivity index (χ2v) is 5.62. The van der Waals surface area contributed by atoms with E-state index in [4.69, 9.17) is 4.74 Å². The van der Waals surface area contributed by atoms with Crippen LogP contribution in [0.3, 0.4) is 0 Å². The Labute approximate surface area is 122 Å². The molecular weight excluding hydrogens is 250 g/mol. The van der Waals surface area contributed by atoms with Gasteiger partial charge in [0.15, 0.2) is 0 Å². The van der Waals surface area contributed by atoms with Crippen LogP contribution in [0.1, 0.15) is 6.42 Å². The number of hydrogen-bond acceptors (Lipinski definition) is 4. The summed E-state index contributed by atoms with van der Waals surface area (Å²) < 4.78 is 5.68. The van der Waals surface area contributed by atoms with E-state index in [1.807, 2.05) is 30.3 Å². The van der Waals surface area contributed by atoms with Crippen LogP contribution >= 0.6 is 0 Å². The van der Waals surface area contributed by atoms with Gasteiger partial charge < -0.3 is 15.0 Å². The number of hydrogen-bond donors (Lipinski definition) is 1. The molecule has 1 aliphatic rings. The number of benzene rings is 1. The maximum absolute atomic E-state index is 5.68. The molecule has 1 heterocycles. The van der Waals surface area contributed by atoms with Gasteiger partial charge in [-0.15, -0.1) is 0 Å². The van der Waals surface area contributed by atoms with Crippen LogP contribution in [0.2, 0.25) is 0 Å². The lowest BCUT2D eigenvalue weighted by Gasteiger charge is -2.37. The fourth-order valence-corrected chi connectivity index (χ4v) is 2.49. The number of nitrogens with zero attached hydrogens (tertiary/aromatic N) is 2. The third kappa shape index (κ3) is 5.12. The van der Waals surface area contributed by atoms with E-state index in [1.165, 1.54) is 13.1 Å². The van der Waals surface area contributed by atoms with Gasteiger partial charge in [0.25, 0.3) is 0 Å². The summed E-state index contributed by atoms with van der Waals surface area (Å²) in [4.78, 5) is 4.86. The van der Waals surface area contributed by atoms with E-state index in [-0.39, 0.29) is 0 Å². The zero-order chi connectivity index (χ0) is 14.2. The monoisotopic (exact) mass is 277 g/mol. The van der Waals surface area contributed by atoms with E-state index in [2.05, 4.69) is 29.2 Å². The van der Waals surface area contributed by atoms with Gasteiger partial charge in [-0.1, -0.05) is 18.2 Å². The highest BCUT2D eigenvalue weighted by Gasteiger charge is 2.21. The van der Waals surface area contributed by atoms with Crippen molar-refractivity contribution in [2.75, 3.05) is 53.4 Å². The van der Waals surface area contributed by atoms with Gasteiger partial charge in [0.05, 0.1) is 6.61 Å². The van der Waals surface area contributed by atoms with Gasteiger partial charge in [-0.05, 0) is 39.2 Å². The summed E-state index contributed by atoms with van der Waals surface area (Å²) in [7, 11) is 4.42. The number of para-hydroxylation sites is 1. The highest BCUT2D eigenvalue weighted by molar-refractivity contribution is 5.20. The van der Waals surface area contributed by atoms with Crippen molar-refractivity contribution in [1.82, 2.24) is 15.1 Å². The first kappa shape index (κ1) is 15.3. The van der Waals surface area contributed by atoms with E-state index in [0.29, 0.717) is 6.04 Å². The van der Waals surface area contributed by atoms with Crippen LogP contribution in [0, 0.1) is 0 Å². The van der Waals surface area contributed by atoms with Gasteiger partial charge in [0, 0.05) is 32.2 Å². The molecule has 2 rings (SSSR count). The molecule has 0 saturated carbocycles. The Kier molecular flexibility index (Phi) is 6.30. The molecule has 0 radical (unpaired) electrons. The third-order valence-corrected chi connectivity index (χ3v) is 3.87. The van der Waals surface area contributed by atoms with Crippen LogP contribution < -0.4 is 10.1 Å². The van der Waals surface area contributed by atoms with Crippen LogP contribution in [-0.2, 0) is 0 Å². The van der Waals surface area contributed by atoms with Gasteiger partial charge in [0.2, 0.25) is 0 Å². The largest absolute Gasteiger partial charge is 0.494 e. The first-order valence-corrected chi connectivity index (χ1v) is 7.53. The van der Waals surface area contributed by atoms with E-state index in [9.17, 15) is 0 Å². The summed E-state index contributed by atoms with van der Waals surface area (Å²) in [6.07, 6.45) is 1.04. The van der Waals surface area contributed by atoms with Crippen LogP contribution in [-0.4, -0.2) is 69.3 Å². The fourth-order valence-electron chi connectivity index (χ4n) is 2.49. The molecule has 1 saturated heterocycles. The normalized spacial score (nSPS) is 21.0. The molecule has 0 spiro atoms. The Morgan fingerprint density at radius 3 is 2.80 bits per heavy atom. The van der Waals surface area contributed by atoms with Gasteiger partial charge in [-0.25, -0.2) is 0 Å². The first-order valence-electron chi connectivity index (χ1n) is 7.53. The molecule has 1 fully saturated rings. The minimum atomic E-state index is 0.629. The predicted molar refractivity (Wildman–Crippen MR) is 83.3 cm³/mol. The smallest absolute Gasteiger partial charge is 0.119 e. The fraction of sp³-hybridized carbons (Fsp3) is 0.625. The van der Waals surface area contributed by atoms with Crippen molar-refractivity contribution in [2.45, 2.75) is 12.5 Å². The van der Waals surface area contributed by atoms with Crippen molar-refractivity contribution in [3.63, 3.8) is 0 Å². The SMILES string of the molecule is CN1CCN(C)C(CNCCCOc2ccccc2)C1. The standard InChI is InChI=1S/C16H27N3O/c1-18-10-11-19(2)15(14-18)13-17-9-6-12-20-16-7-4-3-5-8-16/h3-5,7-8,15,17H,6,9-14H2,1-2H3. The van der Waals surface area contributed by atoms with Crippen molar-refractivity contribution < 1.29 is 4.74 Å². The maximum Gasteiger partial charge on any atom is 0.119 e. The molecule has 0 amide bonds. The van der Waals surface area contributed by atoms with E-state index in [0.717, 1.165) is 38.4 Å². The molecule has 4 heteroatoms. The summed E-state index contributed by atoms with van der Waals surface area (Å²) in [5.74, 6) is 0.959. The zero-order valence-corrected chi connectivity index (χ0v) is 12.7. The van der Waals surface area contributed by atoms with Gasteiger partial charge in [0.1, 0.15) is 5.75 Å². The second-order valence-electron chi connectivity index (χ2n) is 5.62. The quantitative estimate of drug-likeness (QED) is 0.760. The Morgan fingerprint density at radius 1 is 1.20 bits per heavy atom. The number of ether oxygens (including phenoxy) is 1. The van der Waals surface area contributed by atoms with Crippen molar-refractivity contribution in [1.29, 1.82) is 0 Å². The number of likely N-dealkylation sites (N-methyl/N-ethyl adjacent to an activating group) is 2. The third-order valence-electron chi connectivity index (χ3n) is 3.87. The molecule has 20 heavy (non-hydrogen) atoms. The second kappa shape index (κ2) is 8.25. The lowest BCUT2D eigenvalue weighted by molar-refractivity contribution is 0.113. The number of rotatable bonds is 7. The lowest BCUT2D eigenvalue weighted by Crippen LogP contribution is -2.53. The number of nitrogens with one attached hydrogen (secondary N) is 1. The predicted octanol–water partition coefficient (Wildman–Crippen LogP) is 1.29. The lowest BCUT2D eigenvalue weighted by atomic mass is 10.2. The average molecular weight is 277 g/mol. The molecule has 1 aromatic carbocycles. The van der Waals surface area contributed by atoms with Crippen molar-refractivity contribution >= 4 is 0 Å². The minimum absolute atomic E-state index is 0.629. The van der Waals surface area contributed by atoms with Crippen molar-refractivity contribution in [3.8, 4) is 5.75 Å². The summed E-state index contributed by atoms with van der Waals surface area (Å²) in [6.45, 7) is 6.35. The van der Waals surface area contributed by atoms with E-state index < -0.39 is 0 Å². The Balaban J connectivity index is 1.53. The van der Waals surface area contributed by atoms with Crippen LogP contribution in [0.5, 0.6) is 5.75 Å². The summed E-state index contributed by atoms with van der Waals surface area (Å²) >= 11 is 0. The van der Waals surface area contributed by atoms with Crippen LogP contribution in [0.15, 0.2) is 30.3 Å². The van der Waals surface area contributed by atoms with Gasteiger partial charge >= 0.3 is 0 Å². The molecule has 0 aromatic heterocycles. The molecule has 1 atom stereocenters. The minimum Gasteiger partial charge on any atom is -0.494 e. The molecule has 1 N–H and O–H groups in total. The summed E-state index contributed by atoms with van der Waals surface area (Å²) in [5.41, 5.74) is 0. The molecular formula is C16H27N3O. The van der Waals surface area contributed by atoms with Gasteiger partial charge in [-0.3, -0.25) is 4.90 Å². The highest BCUT2D eigenvalue weighted by atomic mass is 16.5. The molecule has 0 aliphatic carbocycles. The molecule has 1 aromatic rings. The number of piperazine rings is 1. The average Bonchev–Trinajstić information content (AvgIpc) is 2.47. The zero-order valence-electron chi connectivity index (χ0n) is 12.7. The summed E-state index contributed by atoms with van der Waals surface area (Å²) in [6, 6.07) is 10.6. The van der Waals surface area contributed by atoms with Crippen LogP contribution in [0.25, 0.3) is 0 Å². The molecule has 1 unspecified atom stereocenters. The van der Waals surface area contributed by atoms with E-state index >= 15 is 0 Å². The van der Waals surface area contributed by atoms with Crippen LogP contribution in [0.4, 0.5) is 0 Å². The topological polar surface area (TPSA) is 27.7 Å². The Bertz CT molecular complexity index is 371. The molecule has 1 aliphatic heterocycles.